The fourth-order valence-electron chi connectivity index (χ4n) is 3.60. The molecule has 0 aliphatic carbocycles. The molecule has 30 heavy (non-hydrogen) atoms. The first kappa shape index (κ1) is 22.9. The van der Waals surface area contributed by atoms with E-state index in [4.69, 9.17) is 28.3 Å². The summed E-state index contributed by atoms with van der Waals surface area (Å²) < 4.78 is 0. The van der Waals surface area contributed by atoms with Crippen molar-refractivity contribution in [2.24, 2.45) is 0 Å². The van der Waals surface area contributed by atoms with Crippen LogP contribution in [0, 0.1) is 0 Å². The van der Waals surface area contributed by atoms with Gasteiger partial charge in [0.25, 0.3) is 0 Å². The normalized spacial score (nSPS) is 16.3. The second kappa shape index (κ2) is 9.56. The molecule has 6 nitrogen and oxygen atoms in total. The topological polar surface area (TPSA) is 72.9 Å². The predicted octanol–water partition coefficient (Wildman–Crippen LogP) is 5.22. The van der Waals surface area contributed by atoms with Crippen LogP contribution in [0.4, 0.5) is 4.79 Å². The van der Waals surface area contributed by atoms with Crippen LogP contribution in [-0.2, 0) is 0 Å². The highest BCUT2D eigenvalue weighted by molar-refractivity contribution is 7.17. The summed E-state index contributed by atoms with van der Waals surface area (Å²) >= 11 is 14.2. The number of hydrogen-bond donors (Lipinski definition) is 2. The Morgan fingerprint density at radius 1 is 1.20 bits per heavy atom. The Morgan fingerprint density at radius 3 is 2.47 bits per heavy atom. The summed E-state index contributed by atoms with van der Waals surface area (Å²) in [4.78, 5) is 28.9. The molecular weight excluding hydrogens is 445 g/mol. The molecule has 0 spiro atoms. The minimum atomic E-state index is -0.977. The molecule has 1 aromatic carbocycles. The average molecular weight is 470 g/mol. The van der Waals surface area contributed by atoms with Crippen LogP contribution in [0.15, 0.2) is 24.3 Å². The molecule has 2 amide bonds. The second-order valence-corrected chi connectivity index (χ2v) is 9.46. The Hall–Kier alpha value is -1.80. The van der Waals surface area contributed by atoms with E-state index in [1.165, 1.54) is 0 Å². The molecule has 1 fully saturated rings. The zero-order chi connectivity index (χ0) is 22.0. The van der Waals surface area contributed by atoms with Gasteiger partial charge in [-0.05, 0) is 57.6 Å². The standard InChI is InChI=1S/C21H25Cl2N3O3S/c1-12(24-21(29)26(3)13-8-10-25(2)11-9-13)14-4-5-15(19(23)18(14)22)16-6-7-17(30-16)20(27)28/h4-7,12-13H,8-11H2,1-3H3,(H,24,29)(H,27,28). The number of carboxylic acid groups (broad SMARTS) is 1. The molecule has 0 bridgehead atoms. The number of urea groups is 1. The number of carbonyl (C=O) groups is 2. The van der Waals surface area contributed by atoms with Crippen molar-refractivity contribution in [3.63, 3.8) is 0 Å². The highest BCUT2D eigenvalue weighted by Gasteiger charge is 2.26. The van der Waals surface area contributed by atoms with Crippen molar-refractivity contribution < 1.29 is 14.7 Å². The number of piperidine rings is 1. The second-order valence-electron chi connectivity index (χ2n) is 7.62. The van der Waals surface area contributed by atoms with Gasteiger partial charge in [-0.3, -0.25) is 0 Å². The molecule has 2 N–H and O–H groups in total. The van der Waals surface area contributed by atoms with Gasteiger partial charge in [0.05, 0.1) is 16.1 Å². The van der Waals surface area contributed by atoms with E-state index in [1.807, 2.05) is 26.1 Å². The maximum atomic E-state index is 12.7. The Morgan fingerprint density at radius 2 is 1.87 bits per heavy atom. The van der Waals surface area contributed by atoms with E-state index in [1.54, 1.807) is 17.0 Å². The maximum absolute atomic E-state index is 12.7. The number of rotatable bonds is 5. The van der Waals surface area contributed by atoms with Gasteiger partial charge >= 0.3 is 12.0 Å². The smallest absolute Gasteiger partial charge is 0.345 e. The molecule has 0 radical (unpaired) electrons. The number of hydrogen-bond acceptors (Lipinski definition) is 4. The Bertz CT molecular complexity index is 942. The highest BCUT2D eigenvalue weighted by Crippen LogP contribution is 2.40. The number of likely N-dealkylation sites (tertiary alicyclic amines) is 1. The number of carboxylic acids is 1. The van der Waals surface area contributed by atoms with Crippen molar-refractivity contribution in [3.05, 3.63) is 44.8 Å². The number of nitrogens with zero attached hydrogens (tertiary/aromatic N) is 2. The van der Waals surface area contributed by atoms with E-state index < -0.39 is 5.97 Å². The molecule has 3 rings (SSSR count). The summed E-state index contributed by atoms with van der Waals surface area (Å²) in [5.74, 6) is -0.977. The number of halogens is 2. The van der Waals surface area contributed by atoms with Crippen LogP contribution >= 0.6 is 34.5 Å². The van der Waals surface area contributed by atoms with E-state index in [2.05, 4.69) is 17.3 Å². The van der Waals surface area contributed by atoms with E-state index >= 15 is 0 Å². The predicted molar refractivity (Wildman–Crippen MR) is 122 cm³/mol. The van der Waals surface area contributed by atoms with Crippen molar-refractivity contribution in [3.8, 4) is 10.4 Å². The van der Waals surface area contributed by atoms with Gasteiger partial charge in [0, 0.05) is 23.5 Å². The Kier molecular flexibility index (Phi) is 7.29. The van der Waals surface area contributed by atoms with Gasteiger partial charge in [0.2, 0.25) is 0 Å². The summed E-state index contributed by atoms with van der Waals surface area (Å²) in [7, 11) is 3.92. The molecule has 162 valence electrons. The van der Waals surface area contributed by atoms with Crippen molar-refractivity contribution in [2.45, 2.75) is 31.8 Å². The van der Waals surface area contributed by atoms with Crippen molar-refractivity contribution in [1.29, 1.82) is 0 Å². The van der Waals surface area contributed by atoms with Gasteiger partial charge in [-0.1, -0.05) is 35.3 Å². The molecule has 0 saturated carbocycles. The molecule has 1 saturated heterocycles. The van der Waals surface area contributed by atoms with Crippen LogP contribution in [0.25, 0.3) is 10.4 Å². The minimum Gasteiger partial charge on any atom is -0.477 e. The van der Waals surface area contributed by atoms with Gasteiger partial charge in [0.1, 0.15) is 4.88 Å². The number of amides is 2. The third-order valence-corrected chi connectivity index (χ3v) is 7.56. The molecule has 1 aliphatic heterocycles. The minimum absolute atomic E-state index is 0.141. The molecule has 9 heteroatoms. The lowest BCUT2D eigenvalue weighted by molar-refractivity contribution is 0.0702. The van der Waals surface area contributed by atoms with Crippen LogP contribution in [0.1, 0.15) is 41.0 Å². The molecule has 2 aromatic rings. The first-order valence-electron chi connectivity index (χ1n) is 9.72. The van der Waals surface area contributed by atoms with Crippen molar-refractivity contribution >= 4 is 46.5 Å². The lowest BCUT2D eigenvalue weighted by Crippen LogP contribution is -2.48. The van der Waals surface area contributed by atoms with Crippen molar-refractivity contribution in [2.75, 3.05) is 27.2 Å². The van der Waals surface area contributed by atoms with Crippen LogP contribution in [0.2, 0.25) is 10.0 Å². The van der Waals surface area contributed by atoms with Crippen LogP contribution in [0.5, 0.6) is 0 Å². The van der Waals surface area contributed by atoms with Crippen molar-refractivity contribution in [1.82, 2.24) is 15.1 Å². The molecular formula is C21H25Cl2N3O3S. The van der Waals surface area contributed by atoms with Gasteiger partial charge in [-0.15, -0.1) is 11.3 Å². The zero-order valence-corrected chi connectivity index (χ0v) is 19.4. The van der Waals surface area contributed by atoms with E-state index in [-0.39, 0.29) is 23.0 Å². The summed E-state index contributed by atoms with van der Waals surface area (Å²) in [6.45, 7) is 3.82. The quantitative estimate of drug-likeness (QED) is 0.629. The summed E-state index contributed by atoms with van der Waals surface area (Å²) in [5.41, 5.74) is 1.38. The highest BCUT2D eigenvalue weighted by atomic mass is 35.5. The Balaban J connectivity index is 1.72. The fourth-order valence-corrected chi connectivity index (χ4v) is 5.13. The first-order chi connectivity index (χ1) is 14.2. The molecule has 2 heterocycles. The number of carbonyl (C=O) groups excluding carboxylic acids is 1. The molecule has 1 aliphatic rings. The Labute approximate surface area is 190 Å². The van der Waals surface area contributed by atoms with Crippen LogP contribution in [-0.4, -0.2) is 60.1 Å². The van der Waals surface area contributed by atoms with Gasteiger partial charge in [0.15, 0.2) is 0 Å². The van der Waals surface area contributed by atoms with E-state index in [9.17, 15) is 9.59 Å². The zero-order valence-electron chi connectivity index (χ0n) is 17.1. The number of aromatic carboxylic acids is 1. The third-order valence-electron chi connectivity index (χ3n) is 5.56. The summed E-state index contributed by atoms with van der Waals surface area (Å²) in [5, 5.41) is 12.8. The average Bonchev–Trinajstić information content (AvgIpc) is 3.20. The lowest BCUT2D eigenvalue weighted by atomic mass is 10.0. The molecule has 1 aromatic heterocycles. The summed E-state index contributed by atoms with van der Waals surface area (Å²) in [6.07, 6.45) is 1.91. The van der Waals surface area contributed by atoms with Gasteiger partial charge in [-0.25, -0.2) is 9.59 Å². The van der Waals surface area contributed by atoms with Gasteiger partial charge in [-0.2, -0.15) is 0 Å². The van der Waals surface area contributed by atoms with E-state index in [0.29, 0.717) is 21.2 Å². The molecule has 1 unspecified atom stereocenters. The van der Waals surface area contributed by atoms with Crippen LogP contribution < -0.4 is 5.32 Å². The number of nitrogens with one attached hydrogen (secondary N) is 1. The van der Waals surface area contributed by atoms with E-state index in [0.717, 1.165) is 42.1 Å². The number of thiophene rings is 1. The monoisotopic (exact) mass is 469 g/mol. The summed E-state index contributed by atoms with van der Waals surface area (Å²) in [6, 6.07) is 6.64. The maximum Gasteiger partial charge on any atom is 0.345 e. The van der Waals surface area contributed by atoms with Crippen LogP contribution in [0.3, 0.4) is 0 Å². The lowest BCUT2D eigenvalue weighted by Gasteiger charge is -2.35. The third kappa shape index (κ3) is 4.91. The molecule has 1 atom stereocenters. The fraction of sp³-hybridized carbons (Fsp3) is 0.429. The largest absolute Gasteiger partial charge is 0.477 e. The SMILES string of the molecule is CC(NC(=O)N(C)C1CCN(C)CC1)c1ccc(-c2ccc(C(=O)O)s2)c(Cl)c1Cl. The first-order valence-corrected chi connectivity index (χ1v) is 11.3. The number of benzene rings is 1. The van der Waals surface area contributed by atoms with Gasteiger partial charge < -0.3 is 20.2 Å².